The molecule has 1 N–H and O–H groups in total. The summed E-state index contributed by atoms with van der Waals surface area (Å²) in [5, 5.41) is 8.84. The zero-order chi connectivity index (χ0) is 15.6. The van der Waals surface area contributed by atoms with Gasteiger partial charge >= 0.3 is 0 Å². The molecule has 0 aliphatic carbocycles. The van der Waals surface area contributed by atoms with Crippen LogP contribution in [0, 0.1) is 6.92 Å². The van der Waals surface area contributed by atoms with E-state index in [1.54, 1.807) is 0 Å². The number of aromatic nitrogens is 2. The second-order valence-electron chi connectivity index (χ2n) is 6.07. The van der Waals surface area contributed by atoms with Gasteiger partial charge in [0.1, 0.15) is 0 Å². The molecule has 120 valence electrons. The number of nitrogens with one attached hydrogen (secondary N) is 1. The fraction of sp³-hybridized carbons (Fsp3) is 0.800. The van der Waals surface area contributed by atoms with E-state index in [1.807, 2.05) is 18.7 Å². The summed E-state index contributed by atoms with van der Waals surface area (Å²) in [6, 6.07) is 0.863. The van der Waals surface area contributed by atoms with Gasteiger partial charge in [-0.2, -0.15) is 5.10 Å². The van der Waals surface area contributed by atoms with Crippen molar-refractivity contribution in [3.05, 3.63) is 16.4 Å². The van der Waals surface area contributed by atoms with Crippen LogP contribution in [0.3, 0.4) is 0 Å². The van der Waals surface area contributed by atoms with Crippen LogP contribution < -0.4 is 5.32 Å². The predicted molar refractivity (Wildman–Crippen MR) is 88.1 cm³/mol. The van der Waals surface area contributed by atoms with Crippen LogP contribution in [0.4, 0.5) is 0 Å². The van der Waals surface area contributed by atoms with Gasteiger partial charge in [-0.15, -0.1) is 0 Å². The first-order valence-electron chi connectivity index (χ1n) is 7.75. The van der Waals surface area contributed by atoms with Gasteiger partial charge in [-0.3, -0.25) is 9.58 Å². The molecule has 1 aromatic rings. The Hall–Kier alpha value is -0.620. The van der Waals surface area contributed by atoms with E-state index in [0.29, 0.717) is 12.1 Å². The second-order valence-corrected chi connectivity index (χ2v) is 6.45. The zero-order valence-corrected chi connectivity index (χ0v) is 14.6. The van der Waals surface area contributed by atoms with Crippen molar-refractivity contribution < 1.29 is 0 Å². The van der Waals surface area contributed by atoms with Crippen LogP contribution >= 0.6 is 11.6 Å². The molecule has 2 rings (SSSR count). The average molecular weight is 314 g/mol. The van der Waals surface area contributed by atoms with Gasteiger partial charge < -0.3 is 10.2 Å². The maximum atomic E-state index is 6.46. The Labute approximate surface area is 133 Å². The number of nitrogens with zero attached hydrogens (tertiary/aromatic N) is 4. The highest BCUT2D eigenvalue weighted by molar-refractivity contribution is 6.31. The third kappa shape index (κ3) is 3.59. The molecular formula is C15H28ClN5. The lowest BCUT2D eigenvalue weighted by Gasteiger charge is -2.42. The van der Waals surface area contributed by atoms with E-state index >= 15 is 0 Å². The summed E-state index contributed by atoms with van der Waals surface area (Å²) in [6.45, 7) is 8.28. The smallest absolute Gasteiger partial charge is 0.0847 e. The first kappa shape index (κ1) is 16.7. The number of halogens is 1. The molecule has 1 fully saturated rings. The van der Waals surface area contributed by atoms with E-state index in [9.17, 15) is 0 Å². The summed E-state index contributed by atoms with van der Waals surface area (Å²) in [4.78, 5) is 4.85. The fourth-order valence-corrected chi connectivity index (χ4v) is 3.39. The normalized spacial score (nSPS) is 22.7. The predicted octanol–water partition coefficient (Wildman–Crippen LogP) is 1.24. The van der Waals surface area contributed by atoms with Crippen molar-refractivity contribution in [3.63, 3.8) is 0 Å². The minimum Gasteiger partial charge on any atom is -0.315 e. The minimum atomic E-state index is 0.372. The molecule has 5 nitrogen and oxygen atoms in total. The van der Waals surface area contributed by atoms with Crippen molar-refractivity contribution in [3.8, 4) is 0 Å². The minimum absolute atomic E-state index is 0.372. The first-order chi connectivity index (χ1) is 9.97. The molecule has 0 radical (unpaired) electrons. The summed E-state index contributed by atoms with van der Waals surface area (Å²) in [6.07, 6.45) is 0.910. The average Bonchev–Trinajstić information content (AvgIpc) is 2.74. The highest BCUT2D eigenvalue weighted by Gasteiger charge is 2.30. The van der Waals surface area contributed by atoms with Crippen LogP contribution in [-0.4, -0.2) is 72.4 Å². The summed E-state index contributed by atoms with van der Waals surface area (Å²) >= 11 is 6.46. The van der Waals surface area contributed by atoms with Gasteiger partial charge in [-0.25, -0.2) is 0 Å². The van der Waals surface area contributed by atoms with Crippen LogP contribution in [0.2, 0.25) is 5.02 Å². The highest BCUT2D eigenvalue weighted by Crippen LogP contribution is 2.23. The maximum Gasteiger partial charge on any atom is 0.0847 e. The summed E-state index contributed by atoms with van der Waals surface area (Å²) in [5.41, 5.74) is 2.08. The van der Waals surface area contributed by atoms with Gasteiger partial charge in [0.25, 0.3) is 0 Å². The molecule has 0 amide bonds. The van der Waals surface area contributed by atoms with Crippen molar-refractivity contribution in [2.24, 2.45) is 0 Å². The third-order valence-corrected chi connectivity index (χ3v) is 5.09. The van der Waals surface area contributed by atoms with E-state index < -0.39 is 0 Å². The standard InChI is InChI=1S/C15H28ClN5/c1-6-21-13(15(16)11(2)18-21)9-12(17-3)14-10-19(4)7-8-20(14)5/h12,14,17H,6-10H2,1-5H3. The largest absolute Gasteiger partial charge is 0.315 e. The van der Waals surface area contributed by atoms with Crippen LogP contribution in [0.1, 0.15) is 18.3 Å². The Morgan fingerprint density at radius 1 is 1.38 bits per heavy atom. The van der Waals surface area contributed by atoms with E-state index in [-0.39, 0.29) is 0 Å². The van der Waals surface area contributed by atoms with Crippen molar-refractivity contribution >= 4 is 11.6 Å². The van der Waals surface area contributed by atoms with E-state index in [4.69, 9.17) is 11.6 Å². The molecule has 1 aliphatic rings. The lowest BCUT2D eigenvalue weighted by atomic mass is 9.99. The lowest BCUT2D eigenvalue weighted by molar-refractivity contribution is 0.0892. The molecular weight excluding hydrogens is 286 g/mol. The lowest BCUT2D eigenvalue weighted by Crippen LogP contribution is -2.58. The first-order valence-corrected chi connectivity index (χ1v) is 8.13. The van der Waals surface area contributed by atoms with Gasteiger partial charge in [-0.05, 0) is 35.0 Å². The summed E-state index contributed by atoms with van der Waals surface area (Å²) in [5.74, 6) is 0. The Balaban J connectivity index is 2.19. The molecule has 6 heteroatoms. The number of rotatable bonds is 5. The highest BCUT2D eigenvalue weighted by atomic mass is 35.5. The van der Waals surface area contributed by atoms with Gasteiger partial charge in [0.15, 0.2) is 0 Å². The molecule has 2 heterocycles. The van der Waals surface area contributed by atoms with Crippen molar-refractivity contribution in [1.82, 2.24) is 24.9 Å². The summed E-state index contributed by atoms with van der Waals surface area (Å²) in [7, 11) is 6.45. The number of piperazine rings is 1. The van der Waals surface area contributed by atoms with Gasteiger partial charge in [-0.1, -0.05) is 11.6 Å². The third-order valence-electron chi connectivity index (χ3n) is 4.60. The number of aryl methyl sites for hydroxylation is 2. The monoisotopic (exact) mass is 313 g/mol. The number of hydrogen-bond donors (Lipinski definition) is 1. The molecule has 1 aliphatic heterocycles. The molecule has 0 saturated carbocycles. The molecule has 0 bridgehead atoms. The van der Waals surface area contributed by atoms with E-state index in [0.717, 1.165) is 49.0 Å². The van der Waals surface area contributed by atoms with Crippen molar-refractivity contribution in [1.29, 1.82) is 0 Å². The molecule has 2 unspecified atom stereocenters. The fourth-order valence-electron chi connectivity index (χ4n) is 3.18. The maximum absolute atomic E-state index is 6.46. The summed E-state index contributed by atoms with van der Waals surface area (Å²) < 4.78 is 2.04. The Kier molecular flexibility index (Phi) is 5.66. The van der Waals surface area contributed by atoms with Gasteiger partial charge in [0, 0.05) is 44.7 Å². The topological polar surface area (TPSA) is 36.3 Å². The SMILES string of the molecule is CCn1nc(C)c(Cl)c1CC(NC)C1CN(C)CCN1C. The van der Waals surface area contributed by atoms with E-state index in [1.165, 1.54) is 0 Å². The van der Waals surface area contributed by atoms with Crippen molar-refractivity contribution in [2.45, 2.75) is 38.9 Å². The van der Waals surface area contributed by atoms with Crippen molar-refractivity contribution in [2.75, 3.05) is 40.8 Å². The van der Waals surface area contributed by atoms with Gasteiger partial charge in [0.05, 0.1) is 16.4 Å². The molecule has 2 atom stereocenters. The molecule has 0 spiro atoms. The second kappa shape index (κ2) is 7.09. The van der Waals surface area contributed by atoms with Gasteiger partial charge in [0.2, 0.25) is 0 Å². The molecule has 1 saturated heterocycles. The van der Waals surface area contributed by atoms with Crippen LogP contribution in [0.15, 0.2) is 0 Å². The van der Waals surface area contributed by atoms with Crippen LogP contribution in [-0.2, 0) is 13.0 Å². The Morgan fingerprint density at radius 3 is 2.71 bits per heavy atom. The number of likely N-dealkylation sites (N-methyl/N-ethyl adjacent to an activating group) is 3. The molecule has 21 heavy (non-hydrogen) atoms. The number of hydrogen-bond acceptors (Lipinski definition) is 4. The molecule has 0 aromatic carbocycles. The Morgan fingerprint density at radius 2 is 2.10 bits per heavy atom. The molecule has 1 aromatic heterocycles. The Bertz CT molecular complexity index is 473. The van der Waals surface area contributed by atoms with Crippen LogP contribution in [0.5, 0.6) is 0 Å². The van der Waals surface area contributed by atoms with Crippen LogP contribution in [0.25, 0.3) is 0 Å². The van der Waals surface area contributed by atoms with E-state index in [2.05, 4.69) is 41.2 Å². The zero-order valence-electron chi connectivity index (χ0n) is 13.9. The quantitative estimate of drug-likeness (QED) is 0.887.